The Morgan fingerprint density at radius 2 is 1.44 bits per heavy atom. The van der Waals surface area contributed by atoms with Crippen LogP contribution in [0.15, 0.2) is 0 Å². The Bertz CT molecular complexity index is 190. The zero-order valence-corrected chi connectivity index (χ0v) is 11.5. The third kappa shape index (κ3) is 3.02. The second-order valence-corrected chi connectivity index (χ2v) is 6.70. The lowest BCUT2D eigenvalue weighted by atomic mass is 9.68. The molecular formula is C16H29. The topological polar surface area (TPSA) is 0 Å². The average Bonchev–Trinajstić information content (AvgIpc) is 2.30. The van der Waals surface area contributed by atoms with E-state index in [0.29, 0.717) is 0 Å². The first-order chi connectivity index (χ1) is 7.66. The number of hydrogen-bond donors (Lipinski definition) is 0. The molecule has 0 aromatic rings. The van der Waals surface area contributed by atoms with Crippen LogP contribution in [-0.4, -0.2) is 0 Å². The molecule has 0 heterocycles. The molecule has 0 aromatic carbocycles. The van der Waals surface area contributed by atoms with E-state index in [1.807, 2.05) is 5.92 Å². The minimum Gasteiger partial charge on any atom is -0.0625 e. The van der Waals surface area contributed by atoms with Crippen molar-refractivity contribution in [3.63, 3.8) is 0 Å². The van der Waals surface area contributed by atoms with Gasteiger partial charge in [-0.3, -0.25) is 0 Å². The van der Waals surface area contributed by atoms with Gasteiger partial charge in [-0.1, -0.05) is 33.6 Å². The van der Waals surface area contributed by atoms with Gasteiger partial charge in [0.05, 0.1) is 0 Å². The van der Waals surface area contributed by atoms with Gasteiger partial charge in [0.15, 0.2) is 0 Å². The largest absolute Gasteiger partial charge is 0.0625 e. The molecule has 0 amide bonds. The Labute approximate surface area is 102 Å². The first kappa shape index (κ1) is 12.5. The van der Waals surface area contributed by atoms with Crippen molar-refractivity contribution in [1.29, 1.82) is 0 Å². The lowest BCUT2D eigenvalue weighted by Gasteiger charge is -2.37. The number of hydrogen-bond acceptors (Lipinski definition) is 0. The van der Waals surface area contributed by atoms with E-state index in [1.54, 1.807) is 0 Å². The maximum atomic E-state index is 2.42. The van der Waals surface area contributed by atoms with Crippen molar-refractivity contribution in [3.05, 3.63) is 5.92 Å². The third-order valence-electron chi connectivity index (χ3n) is 5.21. The highest BCUT2D eigenvalue weighted by Crippen LogP contribution is 2.43. The predicted octanol–water partition coefficient (Wildman–Crippen LogP) is 5.23. The van der Waals surface area contributed by atoms with E-state index >= 15 is 0 Å². The smallest absolute Gasteiger partial charge is 0.0210 e. The Hall–Kier alpha value is 0. The van der Waals surface area contributed by atoms with Gasteiger partial charge in [-0.2, -0.15) is 0 Å². The quantitative estimate of drug-likeness (QED) is 0.598. The summed E-state index contributed by atoms with van der Waals surface area (Å²) in [7, 11) is 0. The van der Waals surface area contributed by atoms with Crippen LogP contribution in [0.5, 0.6) is 0 Å². The molecule has 0 atom stereocenters. The molecule has 0 nitrogen and oxygen atoms in total. The SMILES string of the molecule is CC1CC[C](C2CCC(C(C)C)CC2)CC1. The van der Waals surface area contributed by atoms with Crippen molar-refractivity contribution >= 4 is 0 Å². The van der Waals surface area contributed by atoms with Gasteiger partial charge in [0.2, 0.25) is 0 Å². The summed E-state index contributed by atoms with van der Waals surface area (Å²) in [5, 5.41) is 0. The molecule has 93 valence electrons. The molecular weight excluding hydrogens is 192 g/mol. The summed E-state index contributed by atoms with van der Waals surface area (Å²) < 4.78 is 0. The summed E-state index contributed by atoms with van der Waals surface area (Å²) in [6.07, 6.45) is 11.9. The molecule has 2 aliphatic carbocycles. The van der Waals surface area contributed by atoms with Crippen LogP contribution in [0.25, 0.3) is 0 Å². The summed E-state index contributed by atoms with van der Waals surface area (Å²) in [4.78, 5) is 0. The molecule has 2 saturated carbocycles. The molecule has 0 aliphatic heterocycles. The average molecular weight is 221 g/mol. The van der Waals surface area contributed by atoms with Gasteiger partial charge in [0.25, 0.3) is 0 Å². The lowest BCUT2D eigenvalue weighted by Crippen LogP contribution is -2.25. The monoisotopic (exact) mass is 221 g/mol. The molecule has 0 saturated heterocycles. The van der Waals surface area contributed by atoms with Crippen molar-refractivity contribution < 1.29 is 0 Å². The first-order valence-electron chi connectivity index (χ1n) is 7.51. The Balaban J connectivity index is 1.76. The summed E-state index contributed by atoms with van der Waals surface area (Å²) in [6, 6.07) is 0. The van der Waals surface area contributed by atoms with Gasteiger partial charge in [-0.25, -0.2) is 0 Å². The zero-order valence-electron chi connectivity index (χ0n) is 11.5. The molecule has 1 radical (unpaired) electrons. The van der Waals surface area contributed by atoms with Crippen LogP contribution in [0.1, 0.15) is 72.1 Å². The molecule has 0 N–H and O–H groups in total. The molecule has 2 aliphatic rings. The molecule has 0 aromatic heterocycles. The Morgan fingerprint density at radius 1 is 0.875 bits per heavy atom. The van der Waals surface area contributed by atoms with Crippen molar-refractivity contribution in [3.8, 4) is 0 Å². The van der Waals surface area contributed by atoms with Gasteiger partial charge < -0.3 is 0 Å². The summed E-state index contributed by atoms with van der Waals surface area (Å²) in [5.41, 5.74) is 0. The minimum absolute atomic E-state index is 0.914. The van der Waals surface area contributed by atoms with Crippen LogP contribution in [-0.2, 0) is 0 Å². The number of rotatable bonds is 2. The molecule has 2 rings (SSSR count). The van der Waals surface area contributed by atoms with Crippen LogP contribution >= 0.6 is 0 Å². The molecule has 2 fully saturated rings. The van der Waals surface area contributed by atoms with Gasteiger partial charge in [-0.15, -0.1) is 0 Å². The predicted molar refractivity (Wildman–Crippen MR) is 71.2 cm³/mol. The molecule has 0 spiro atoms. The van der Waals surface area contributed by atoms with Crippen molar-refractivity contribution in [2.45, 2.75) is 72.1 Å². The van der Waals surface area contributed by atoms with Crippen LogP contribution < -0.4 is 0 Å². The molecule has 0 unspecified atom stereocenters. The maximum Gasteiger partial charge on any atom is -0.0210 e. The van der Waals surface area contributed by atoms with Crippen LogP contribution in [0.4, 0.5) is 0 Å². The Morgan fingerprint density at radius 3 is 1.94 bits per heavy atom. The fraction of sp³-hybridized carbons (Fsp3) is 0.938. The highest BCUT2D eigenvalue weighted by atomic mass is 14.4. The van der Waals surface area contributed by atoms with E-state index in [2.05, 4.69) is 20.8 Å². The second-order valence-electron chi connectivity index (χ2n) is 6.70. The fourth-order valence-corrected chi connectivity index (χ4v) is 3.74. The van der Waals surface area contributed by atoms with E-state index in [1.165, 1.54) is 51.4 Å². The van der Waals surface area contributed by atoms with Gasteiger partial charge in [0, 0.05) is 0 Å². The van der Waals surface area contributed by atoms with Crippen molar-refractivity contribution in [1.82, 2.24) is 0 Å². The second kappa shape index (κ2) is 5.56. The van der Waals surface area contributed by atoms with E-state index in [4.69, 9.17) is 0 Å². The van der Waals surface area contributed by atoms with Gasteiger partial charge >= 0.3 is 0 Å². The lowest BCUT2D eigenvalue weighted by molar-refractivity contribution is 0.210. The van der Waals surface area contributed by atoms with E-state index in [0.717, 1.165) is 23.7 Å². The summed E-state index contributed by atoms with van der Waals surface area (Å²) in [5.74, 6) is 5.90. The van der Waals surface area contributed by atoms with E-state index < -0.39 is 0 Å². The van der Waals surface area contributed by atoms with Crippen molar-refractivity contribution in [2.24, 2.45) is 23.7 Å². The van der Waals surface area contributed by atoms with E-state index in [9.17, 15) is 0 Å². The Kier molecular flexibility index (Phi) is 4.33. The van der Waals surface area contributed by atoms with Crippen LogP contribution in [0.2, 0.25) is 0 Å². The van der Waals surface area contributed by atoms with Gasteiger partial charge in [0.1, 0.15) is 0 Å². The summed E-state index contributed by atoms with van der Waals surface area (Å²) in [6.45, 7) is 7.23. The van der Waals surface area contributed by atoms with Crippen molar-refractivity contribution in [2.75, 3.05) is 0 Å². The maximum absolute atomic E-state index is 2.42. The van der Waals surface area contributed by atoms with Crippen LogP contribution in [0, 0.1) is 29.6 Å². The fourth-order valence-electron chi connectivity index (χ4n) is 3.74. The van der Waals surface area contributed by atoms with Gasteiger partial charge in [-0.05, 0) is 68.1 Å². The standard InChI is InChI=1S/C16H29/c1-12(2)14-8-10-16(11-9-14)15-6-4-13(3)5-7-15/h12-14,16H,4-11H2,1-3H3. The normalized spacial score (nSPS) is 34.5. The first-order valence-corrected chi connectivity index (χ1v) is 7.51. The molecule has 0 heteroatoms. The third-order valence-corrected chi connectivity index (χ3v) is 5.21. The highest BCUT2D eigenvalue weighted by molar-refractivity contribution is 5.01. The molecule has 0 bridgehead atoms. The minimum atomic E-state index is 0.914. The molecule has 16 heavy (non-hydrogen) atoms. The zero-order chi connectivity index (χ0) is 11.5. The summed E-state index contributed by atoms with van der Waals surface area (Å²) >= 11 is 0. The van der Waals surface area contributed by atoms with E-state index in [-0.39, 0.29) is 0 Å². The van der Waals surface area contributed by atoms with Crippen LogP contribution in [0.3, 0.4) is 0 Å². The highest BCUT2D eigenvalue weighted by Gasteiger charge is 2.30.